The molecule has 4 heteroatoms. The van der Waals surface area contributed by atoms with Crippen molar-refractivity contribution < 1.29 is 0 Å². The maximum atomic E-state index is 4.58. The van der Waals surface area contributed by atoms with E-state index in [1.54, 1.807) is 0 Å². The fourth-order valence-electron chi connectivity index (χ4n) is 3.14. The van der Waals surface area contributed by atoms with Gasteiger partial charge in [0.1, 0.15) is 11.6 Å². The Labute approximate surface area is 132 Å². The lowest BCUT2D eigenvalue weighted by molar-refractivity contribution is 0.198. The molecule has 0 aliphatic carbocycles. The molecule has 0 bridgehead atoms. The molecule has 2 aromatic rings. The summed E-state index contributed by atoms with van der Waals surface area (Å²) in [6, 6.07) is 13.3. The molecule has 1 unspecified atom stereocenters. The second-order valence-electron chi connectivity index (χ2n) is 6.02. The van der Waals surface area contributed by atoms with E-state index >= 15 is 0 Å². The van der Waals surface area contributed by atoms with Crippen molar-refractivity contribution in [2.75, 3.05) is 31.1 Å². The first-order chi connectivity index (χ1) is 10.6. The number of hydrogen-bond acceptors (Lipinski definition) is 4. The van der Waals surface area contributed by atoms with Gasteiger partial charge < -0.3 is 4.90 Å². The first-order valence-corrected chi connectivity index (χ1v) is 8.00. The van der Waals surface area contributed by atoms with Crippen LogP contribution >= 0.6 is 0 Å². The maximum absolute atomic E-state index is 4.58. The van der Waals surface area contributed by atoms with Gasteiger partial charge in [-0.15, -0.1) is 0 Å². The zero-order valence-corrected chi connectivity index (χ0v) is 13.7. The van der Waals surface area contributed by atoms with E-state index < -0.39 is 0 Å². The van der Waals surface area contributed by atoms with Gasteiger partial charge in [-0.1, -0.05) is 30.3 Å². The van der Waals surface area contributed by atoms with E-state index in [0.717, 1.165) is 43.5 Å². The molecular formula is C18H24N4. The zero-order chi connectivity index (χ0) is 15.5. The van der Waals surface area contributed by atoms with Crippen LogP contribution in [-0.4, -0.2) is 41.0 Å². The average Bonchev–Trinajstić information content (AvgIpc) is 2.54. The number of rotatable bonds is 3. The predicted octanol–water partition coefficient (Wildman–Crippen LogP) is 2.98. The summed E-state index contributed by atoms with van der Waals surface area (Å²) in [6.07, 6.45) is 0. The summed E-state index contributed by atoms with van der Waals surface area (Å²) in [4.78, 5) is 13.9. The molecule has 0 N–H and O–H groups in total. The number of benzene rings is 1. The van der Waals surface area contributed by atoms with Crippen LogP contribution in [0.15, 0.2) is 36.4 Å². The minimum Gasteiger partial charge on any atom is -0.354 e. The SMILES string of the molecule is Cc1cc(N2CCN(C(C)c3ccccc3)CC2)nc(C)n1. The van der Waals surface area contributed by atoms with E-state index in [9.17, 15) is 0 Å². The highest BCUT2D eigenvalue weighted by Crippen LogP contribution is 2.23. The molecular weight excluding hydrogens is 272 g/mol. The maximum Gasteiger partial charge on any atom is 0.132 e. The van der Waals surface area contributed by atoms with Gasteiger partial charge in [0.05, 0.1) is 0 Å². The molecule has 0 spiro atoms. The second kappa shape index (κ2) is 6.44. The normalized spacial score (nSPS) is 17.5. The lowest BCUT2D eigenvalue weighted by Crippen LogP contribution is -2.47. The Morgan fingerprint density at radius 1 is 0.955 bits per heavy atom. The number of nitrogens with zero attached hydrogens (tertiary/aromatic N) is 4. The number of aryl methyl sites for hydroxylation is 2. The van der Waals surface area contributed by atoms with Gasteiger partial charge in [-0.2, -0.15) is 0 Å². The van der Waals surface area contributed by atoms with Gasteiger partial charge in [0.15, 0.2) is 0 Å². The molecule has 4 nitrogen and oxygen atoms in total. The molecule has 0 amide bonds. The molecule has 1 aromatic heterocycles. The van der Waals surface area contributed by atoms with Gasteiger partial charge in [0, 0.05) is 44.0 Å². The third-order valence-electron chi connectivity index (χ3n) is 4.42. The van der Waals surface area contributed by atoms with Crippen LogP contribution < -0.4 is 4.90 Å². The van der Waals surface area contributed by atoms with Crippen LogP contribution in [0.5, 0.6) is 0 Å². The number of piperazine rings is 1. The fourth-order valence-corrected chi connectivity index (χ4v) is 3.14. The van der Waals surface area contributed by atoms with E-state index in [1.165, 1.54) is 5.56 Å². The van der Waals surface area contributed by atoms with E-state index in [1.807, 2.05) is 13.8 Å². The number of aromatic nitrogens is 2. The van der Waals surface area contributed by atoms with Crippen LogP contribution in [0.2, 0.25) is 0 Å². The number of anilines is 1. The quantitative estimate of drug-likeness (QED) is 0.871. The van der Waals surface area contributed by atoms with Gasteiger partial charge in [0.25, 0.3) is 0 Å². The molecule has 1 aliphatic heterocycles. The van der Waals surface area contributed by atoms with Crippen LogP contribution in [0.4, 0.5) is 5.82 Å². The van der Waals surface area contributed by atoms with Crippen molar-refractivity contribution >= 4 is 5.82 Å². The third-order valence-corrected chi connectivity index (χ3v) is 4.42. The van der Waals surface area contributed by atoms with Crippen LogP contribution in [0.25, 0.3) is 0 Å². The van der Waals surface area contributed by atoms with Crippen LogP contribution in [-0.2, 0) is 0 Å². The van der Waals surface area contributed by atoms with Crippen molar-refractivity contribution in [1.82, 2.24) is 14.9 Å². The molecule has 1 aliphatic rings. The summed E-state index contributed by atoms with van der Waals surface area (Å²) in [5.41, 5.74) is 2.44. The molecule has 116 valence electrons. The average molecular weight is 296 g/mol. The summed E-state index contributed by atoms with van der Waals surface area (Å²) >= 11 is 0. The van der Waals surface area contributed by atoms with Crippen LogP contribution in [0.3, 0.4) is 0 Å². The largest absolute Gasteiger partial charge is 0.354 e. The summed E-state index contributed by atoms with van der Waals surface area (Å²) in [7, 11) is 0. The van der Waals surface area contributed by atoms with Crippen molar-refractivity contribution in [2.24, 2.45) is 0 Å². The standard InChI is InChI=1S/C18H24N4/c1-14-13-18(20-16(3)19-14)22-11-9-21(10-12-22)15(2)17-7-5-4-6-8-17/h4-8,13,15H,9-12H2,1-3H3. The molecule has 0 radical (unpaired) electrons. The van der Waals surface area contributed by atoms with Crippen LogP contribution in [0.1, 0.15) is 30.0 Å². The summed E-state index contributed by atoms with van der Waals surface area (Å²) in [5.74, 6) is 1.92. The Morgan fingerprint density at radius 3 is 2.27 bits per heavy atom. The topological polar surface area (TPSA) is 32.3 Å². The van der Waals surface area contributed by atoms with E-state index in [4.69, 9.17) is 0 Å². The van der Waals surface area contributed by atoms with Gasteiger partial charge in [-0.05, 0) is 26.3 Å². The summed E-state index contributed by atoms with van der Waals surface area (Å²) < 4.78 is 0. The highest BCUT2D eigenvalue weighted by molar-refractivity contribution is 5.40. The van der Waals surface area contributed by atoms with Gasteiger partial charge >= 0.3 is 0 Å². The molecule has 22 heavy (non-hydrogen) atoms. The fraction of sp³-hybridized carbons (Fsp3) is 0.444. The molecule has 1 aromatic carbocycles. The summed E-state index contributed by atoms with van der Waals surface area (Å²) in [6.45, 7) is 10.5. The minimum absolute atomic E-state index is 0.470. The molecule has 0 saturated carbocycles. The van der Waals surface area contributed by atoms with E-state index in [-0.39, 0.29) is 0 Å². The lowest BCUT2D eigenvalue weighted by Gasteiger charge is -2.38. The van der Waals surface area contributed by atoms with Gasteiger partial charge in [0.2, 0.25) is 0 Å². The van der Waals surface area contributed by atoms with Gasteiger partial charge in [-0.3, -0.25) is 4.90 Å². The van der Waals surface area contributed by atoms with Crippen molar-refractivity contribution in [3.8, 4) is 0 Å². The van der Waals surface area contributed by atoms with Crippen LogP contribution in [0, 0.1) is 13.8 Å². The molecule has 1 atom stereocenters. The van der Waals surface area contributed by atoms with Crippen molar-refractivity contribution in [2.45, 2.75) is 26.8 Å². The predicted molar refractivity (Wildman–Crippen MR) is 90.1 cm³/mol. The molecule has 1 fully saturated rings. The van der Waals surface area contributed by atoms with Gasteiger partial charge in [-0.25, -0.2) is 9.97 Å². The monoisotopic (exact) mass is 296 g/mol. The lowest BCUT2D eigenvalue weighted by atomic mass is 10.1. The van der Waals surface area contributed by atoms with Crippen molar-refractivity contribution in [3.63, 3.8) is 0 Å². The first kappa shape index (κ1) is 15.0. The number of hydrogen-bond donors (Lipinski definition) is 0. The Morgan fingerprint density at radius 2 is 1.64 bits per heavy atom. The third kappa shape index (κ3) is 3.28. The van der Waals surface area contributed by atoms with E-state index in [0.29, 0.717) is 6.04 Å². The molecule has 1 saturated heterocycles. The molecule has 3 rings (SSSR count). The highest BCUT2D eigenvalue weighted by atomic mass is 15.3. The Hall–Kier alpha value is -1.94. The Kier molecular flexibility index (Phi) is 4.39. The van der Waals surface area contributed by atoms with Crippen molar-refractivity contribution in [1.29, 1.82) is 0 Å². The second-order valence-corrected chi connectivity index (χ2v) is 6.02. The Bertz CT molecular complexity index is 598. The van der Waals surface area contributed by atoms with E-state index in [2.05, 4.69) is 63.1 Å². The van der Waals surface area contributed by atoms with Crippen molar-refractivity contribution in [3.05, 3.63) is 53.5 Å². The Balaban J connectivity index is 1.65. The summed E-state index contributed by atoms with van der Waals surface area (Å²) in [5, 5.41) is 0. The minimum atomic E-state index is 0.470. The highest BCUT2D eigenvalue weighted by Gasteiger charge is 2.22. The zero-order valence-electron chi connectivity index (χ0n) is 13.7. The first-order valence-electron chi connectivity index (χ1n) is 8.00. The smallest absolute Gasteiger partial charge is 0.132 e. The molecule has 2 heterocycles.